The maximum absolute atomic E-state index is 13.4. The van der Waals surface area contributed by atoms with Crippen molar-refractivity contribution in [2.75, 3.05) is 6.61 Å². The minimum absolute atomic E-state index is 0.0731. The predicted octanol–water partition coefficient (Wildman–Crippen LogP) is 4.84. The molecule has 0 amide bonds. The molecular formula is C22H22F2O4S. The van der Waals surface area contributed by atoms with E-state index in [1.54, 1.807) is 24.3 Å². The molecule has 2 rings (SSSR count). The van der Waals surface area contributed by atoms with Gasteiger partial charge in [0.15, 0.2) is 17.5 Å². The third-order valence-corrected chi connectivity index (χ3v) is 5.28. The minimum atomic E-state index is -3.02. The molecule has 154 valence electrons. The number of hydrogen-bond donors (Lipinski definition) is 0. The van der Waals surface area contributed by atoms with E-state index in [0.29, 0.717) is 12.2 Å². The maximum atomic E-state index is 13.4. The average molecular weight is 420 g/mol. The minimum Gasteiger partial charge on any atom is -0.485 e. The summed E-state index contributed by atoms with van der Waals surface area (Å²) < 4.78 is 32.3. The average Bonchev–Trinajstić information content (AvgIpc) is 2.65. The van der Waals surface area contributed by atoms with Crippen LogP contribution in [-0.2, 0) is 21.9 Å². The number of hydrogen-bond acceptors (Lipinski definition) is 5. The SMILES string of the molecule is CC(=O)SC(Cc1ccc(OCC(=O)c2cccc(C(C)(F)F)c2)cc1)C(C)=O. The third kappa shape index (κ3) is 7.09. The van der Waals surface area contributed by atoms with Crippen LogP contribution in [0.4, 0.5) is 8.78 Å². The van der Waals surface area contributed by atoms with Crippen LogP contribution in [0.25, 0.3) is 0 Å². The monoisotopic (exact) mass is 420 g/mol. The second kappa shape index (κ2) is 9.78. The first-order valence-corrected chi connectivity index (χ1v) is 9.85. The van der Waals surface area contributed by atoms with E-state index in [2.05, 4.69) is 0 Å². The molecular weight excluding hydrogens is 398 g/mol. The fraction of sp³-hybridized carbons (Fsp3) is 0.318. The Hall–Kier alpha value is -2.54. The lowest BCUT2D eigenvalue weighted by atomic mass is 10.0. The van der Waals surface area contributed by atoms with E-state index in [4.69, 9.17) is 4.74 Å². The van der Waals surface area contributed by atoms with Crippen LogP contribution in [0.5, 0.6) is 5.75 Å². The predicted molar refractivity (Wildman–Crippen MR) is 109 cm³/mol. The van der Waals surface area contributed by atoms with E-state index in [0.717, 1.165) is 24.2 Å². The summed E-state index contributed by atoms with van der Waals surface area (Å²) in [5.41, 5.74) is 0.790. The lowest BCUT2D eigenvalue weighted by Gasteiger charge is -2.13. The van der Waals surface area contributed by atoms with Gasteiger partial charge in [-0.15, -0.1) is 0 Å². The van der Waals surface area contributed by atoms with Gasteiger partial charge >= 0.3 is 0 Å². The third-order valence-electron chi connectivity index (χ3n) is 4.17. The first kappa shape index (κ1) is 22.7. The van der Waals surface area contributed by atoms with E-state index in [1.165, 1.54) is 38.1 Å². The molecule has 29 heavy (non-hydrogen) atoms. The fourth-order valence-corrected chi connectivity index (χ4v) is 3.44. The summed E-state index contributed by atoms with van der Waals surface area (Å²) in [5, 5.41) is -0.557. The van der Waals surface area contributed by atoms with E-state index >= 15 is 0 Å². The highest BCUT2D eigenvalue weighted by Gasteiger charge is 2.25. The van der Waals surface area contributed by atoms with Crippen molar-refractivity contribution in [3.05, 3.63) is 65.2 Å². The lowest BCUT2D eigenvalue weighted by Crippen LogP contribution is -2.18. The van der Waals surface area contributed by atoms with Crippen LogP contribution in [-0.4, -0.2) is 28.5 Å². The number of rotatable bonds is 9. The summed E-state index contributed by atoms with van der Waals surface area (Å²) in [5.74, 6) is -3.06. The molecule has 0 saturated carbocycles. The summed E-state index contributed by atoms with van der Waals surface area (Å²) in [4.78, 5) is 35.2. The van der Waals surface area contributed by atoms with Crippen molar-refractivity contribution >= 4 is 28.4 Å². The fourth-order valence-electron chi connectivity index (χ4n) is 2.60. The Morgan fingerprint density at radius 2 is 1.72 bits per heavy atom. The Morgan fingerprint density at radius 1 is 1.07 bits per heavy atom. The van der Waals surface area contributed by atoms with Gasteiger partial charge in [0.2, 0.25) is 0 Å². The van der Waals surface area contributed by atoms with Gasteiger partial charge in [-0.3, -0.25) is 14.4 Å². The van der Waals surface area contributed by atoms with E-state index in [1.807, 2.05) is 0 Å². The number of halogens is 2. The molecule has 0 N–H and O–H groups in total. The van der Waals surface area contributed by atoms with Gasteiger partial charge in [0.25, 0.3) is 5.92 Å². The van der Waals surface area contributed by atoms with E-state index in [9.17, 15) is 23.2 Å². The maximum Gasteiger partial charge on any atom is 0.270 e. The van der Waals surface area contributed by atoms with Crippen LogP contribution in [0.2, 0.25) is 0 Å². The second-order valence-electron chi connectivity index (χ2n) is 6.74. The zero-order chi connectivity index (χ0) is 21.6. The molecule has 2 aromatic rings. The molecule has 0 heterocycles. The molecule has 0 saturated heterocycles. The molecule has 0 aromatic heterocycles. The first-order valence-electron chi connectivity index (χ1n) is 8.97. The van der Waals surface area contributed by atoms with Gasteiger partial charge in [0, 0.05) is 25.0 Å². The number of Topliss-reactive ketones (excluding diaryl/α,β-unsaturated/α-hetero) is 2. The molecule has 0 fully saturated rings. The molecule has 0 aliphatic carbocycles. The van der Waals surface area contributed by atoms with Crippen LogP contribution >= 0.6 is 11.8 Å². The van der Waals surface area contributed by atoms with Crippen LogP contribution in [0.3, 0.4) is 0 Å². The van der Waals surface area contributed by atoms with Crippen molar-refractivity contribution in [2.24, 2.45) is 0 Å². The molecule has 0 spiro atoms. The molecule has 1 atom stereocenters. The number of carbonyl (C=O) groups is 3. The number of ether oxygens (including phenoxy) is 1. The van der Waals surface area contributed by atoms with Crippen LogP contribution < -0.4 is 4.74 Å². The topological polar surface area (TPSA) is 60.4 Å². The number of carbonyl (C=O) groups excluding carboxylic acids is 3. The van der Waals surface area contributed by atoms with E-state index in [-0.39, 0.29) is 28.6 Å². The van der Waals surface area contributed by atoms with E-state index < -0.39 is 17.0 Å². The molecule has 0 radical (unpaired) electrons. The highest BCUT2D eigenvalue weighted by Crippen LogP contribution is 2.27. The smallest absolute Gasteiger partial charge is 0.270 e. The zero-order valence-electron chi connectivity index (χ0n) is 16.4. The van der Waals surface area contributed by atoms with Crippen molar-refractivity contribution < 1.29 is 27.9 Å². The standard InChI is InChI=1S/C22H22F2O4S/c1-14(25)21(29-15(2)26)11-16-7-9-19(10-8-16)28-13-20(27)17-5-4-6-18(12-17)22(3,23)24/h4-10,12,21H,11,13H2,1-3H3. The van der Waals surface area contributed by atoms with Gasteiger partial charge in [-0.05, 0) is 37.1 Å². The van der Waals surface area contributed by atoms with Gasteiger partial charge in [0.05, 0.1) is 5.25 Å². The number of benzene rings is 2. The molecule has 0 aliphatic heterocycles. The quantitative estimate of drug-likeness (QED) is 0.543. The van der Waals surface area contributed by atoms with Gasteiger partial charge in [-0.25, -0.2) is 8.78 Å². The molecule has 2 aromatic carbocycles. The Labute approximate surface area is 172 Å². The van der Waals surface area contributed by atoms with Gasteiger partial charge < -0.3 is 4.74 Å². The molecule has 0 bridgehead atoms. The van der Waals surface area contributed by atoms with Crippen LogP contribution in [0, 0.1) is 0 Å². The summed E-state index contributed by atoms with van der Waals surface area (Å²) in [6, 6.07) is 12.2. The highest BCUT2D eigenvalue weighted by atomic mass is 32.2. The number of alkyl halides is 2. The number of thioether (sulfide) groups is 1. The van der Waals surface area contributed by atoms with Crippen molar-refractivity contribution in [2.45, 2.75) is 38.4 Å². The van der Waals surface area contributed by atoms with Gasteiger partial charge in [-0.1, -0.05) is 42.1 Å². The normalized spacial score (nSPS) is 12.3. The summed E-state index contributed by atoms with van der Waals surface area (Å²) in [7, 11) is 0. The molecule has 1 unspecified atom stereocenters. The summed E-state index contributed by atoms with van der Waals surface area (Å²) in [6.07, 6.45) is 0.414. The first-order chi connectivity index (χ1) is 13.6. The molecule has 4 nitrogen and oxygen atoms in total. The Bertz CT molecular complexity index is 888. The lowest BCUT2D eigenvalue weighted by molar-refractivity contribution is -0.117. The Balaban J connectivity index is 1.97. The summed E-state index contributed by atoms with van der Waals surface area (Å²) in [6.45, 7) is 3.37. The molecule has 7 heteroatoms. The van der Waals surface area contributed by atoms with Crippen molar-refractivity contribution in [1.29, 1.82) is 0 Å². The van der Waals surface area contributed by atoms with Crippen LogP contribution in [0.1, 0.15) is 42.3 Å². The van der Waals surface area contributed by atoms with Gasteiger partial charge in [-0.2, -0.15) is 0 Å². The van der Waals surface area contributed by atoms with Crippen molar-refractivity contribution in [3.63, 3.8) is 0 Å². The summed E-state index contributed by atoms with van der Waals surface area (Å²) >= 11 is 1.00. The zero-order valence-corrected chi connectivity index (χ0v) is 17.2. The largest absolute Gasteiger partial charge is 0.485 e. The van der Waals surface area contributed by atoms with Crippen molar-refractivity contribution in [3.8, 4) is 5.75 Å². The second-order valence-corrected chi connectivity index (χ2v) is 8.12. The number of ketones is 2. The van der Waals surface area contributed by atoms with Crippen molar-refractivity contribution in [1.82, 2.24) is 0 Å². The van der Waals surface area contributed by atoms with Crippen LogP contribution in [0.15, 0.2) is 48.5 Å². The van der Waals surface area contributed by atoms with Gasteiger partial charge in [0.1, 0.15) is 11.5 Å². The Kier molecular flexibility index (Phi) is 7.67. The Morgan fingerprint density at radius 3 is 2.28 bits per heavy atom. The highest BCUT2D eigenvalue weighted by molar-refractivity contribution is 8.14. The molecule has 0 aliphatic rings.